The summed E-state index contributed by atoms with van der Waals surface area (Å²) in [6.07, 6.45) is 0. The van der Waals surface area contributed by atoms with Crippen LogP contribution in [0, 0.1) is 0 Å². The van der Waals surface area contributed by atoms with Crippen molar-refractivity contribution in [3.05, 3.63) is 0 Å². The number of rotatable bonds is 3. The minimum Gasteiger partial charge on any atom is -0.465 e. The van der Waals surface area contributed by atoms with Gasteiger partial charge in [-0.15, -0.1) is 0 Å². The lowest BCUT2D eigenvalue weighted by atomic mass is 10.3. The molecule has 1 fully saturated rings. The van der Waals surface area contributed by atoms with Crippen molar-refractivity contribution in [1.29, 1.82) is 0 Å². The van der Waals surface area contributed by atoms with E-state index in [2.05, 4.69) is 4.90 Å². The average Bonchev–Trinajstić information content (AvgIpc) is 2.09. The van der Waals surface area contributed by atoms with E-state index in [9.17, 15) is 4.79 Å². The second-order valence-electron chi connectivity index (χ2n) is 3.12. The molecule has 1 aliphatic rings. The standard InChI is InChI=1S/C8H17N3O2/c1-2-13-8(12)7-10-3-5-11(9)6-4-10/h2-7,9H2,1H3. The number of hydrogen-bond donors (Lipinski definition) is 1. The first-order chi connectivity index (χ1) is 6.22. The summed E-state index contributed by atoms with van der Waals surface area (Å²) >= 11 is 0. The predicted molar refractivity (Wildman–Crippen MR) is 48.8 cm³/mol. The van der Waals surface area contributed by atoms with Gasteiger partial charge in [-0.05, 0) is 6.92 Å². The van der Waals surface area contributed by atoms with Gasteiger partial charge in [0.05, 0.1) is 13.2 Å². The van der Waals surface area contributed by atoms with Crippen LogP contribution < -0.4 is 5.84 Å². The summed E-state index contributed by atoms with van der Waals surface area (Å²) in [6.45, 7) is 5.98. The molecule has 0 atom stereocenters. The topological polar surface area (TPSA) is 58.8 Å². The van der Waals surface area contributed by atoms with Gasteiger partial charge in [-0.25, -0.2) is 5.01 Å². The van der Waals surface area contributed by atoms with Crippen LogP contribution in [-0.2, 0) is 9.53 Å². The van der Waals surface area contributed by atoms with Gasteiger partial charge >= 0.3 is 5.97 Å². The summed E-state index contributed by atoms with van der Waals surface area (Å²) in [6, 6.07) is 0. The Morgan fingerprint density at radius 1 is 1.38 bits per heavy atom. The zero-order valence-electron chi connectivity index (χ0n) is 8.03. The van der Waals surface area contributed by atoms with E-state index < -0.39 is 0 Å². The lowest BCUT2D eigenvalue weighted by Gasteiger charge is -2.30. The quantitative estimate of drug-likeness (QED) is 0.455. The van der Waals surface area contributed by atoms with E-state index in [4.69, 9.17) is 10.6 Å². The molecule has 0 aliphatic carbocycles. The maximum Gasteiger partial charge on any atom is 0.320 e. The third-order valence-corrected chi connectivity index (χ3v) is 2.06. The molecule has 0 amide bonds. The molecule has 1 rings (SSSR count). The molecule has 1 heterocycles. The highest BCUT2D eigenvalue weighted by molar-refractivity contribution is 5.71. The molecule has 76 valence electrons. The van der Waals surface area contributed by atoms with Crippen molar-refractivity contribution >= 4 is 5.97 Å². The third-order valence-electron chi connectivity index (χ3n) is 2.06. The molecule has 0 aromatic rings. The first-order valence-electron chi connectivity index (χ1n) is 4.60. The lowest BCUT2D eigenvalue weighted by Crippen LogP contribution is -2.50. The van der Waals surface area contributed by atoms with Crippen molar-refractivity contribution in [2.45, 2.75) is 6.92 Å². The zero-order valence-corrected chi connectivity index (χ0v) is 8.03. The largest absolute Gasteiger partial charge is 0.465 e. The number of piperazine rings is 1. The molecule has 5 heteroatoms. The van der Waals surface area contributed by atoms with Gasteiger partial charge in [0.15, 0.2) is 0 Å². The molecule has 1 aliphatic heterocycles. The van der Waals surface area contributed by atoms with E-state index in [-0.39, 0.29) is 5.97 Å². The average molecular weight is 187 g/mol. The van der Waals surface area contributed by atoms with Crippen LogP contribution in [0.25, 0.3) is 0 Å². The fraction of sp³-hybridized carbons (Fsp3) is 0.875. The Morgan fingerprint density at radius 2 is 2.00 bits per heavy atom. The summed E-state index contributed by atoms with van der Waals surface area (Å²) < 4.78 is 4.85. The molecule has 2 N–H and O–H groups in total. The smallest absolute Gasteiger partial charge is 0.320 e. The highest BCUT2D eigenvalue weighted by Gasteiger charge is 2.16. The van der Waals surface area contributed by atoms with E-state index in [1.807, 2.05) is 6.92 Å². The van der Waals surface area contributed by atoms with E-state index >= 15 is 0 Å². The fourth-order valence-corrected chi connectivity index (χ4v) is 1.31. The third kappa shape index (κ3) is 3.71. The van der Waals surface area contributed by atoms with Gasteiger partial charge in [0.2, 0.25) is 0 Å². The molecule has 0 unspecified atom stereocenters. The Kier molecular flexibility index (Phi) is 4.14. The minimum atomic E-state index is -0.145. The Labute approximate surface area is 78.4 Å². The normalized spacial score (nSPS) is 20.2. The maximum atomic E-state index is 11.1. The van der Waals surface area contributed by atoms with Crippen molar-refractivity contribution in [3.63, 3.8) is 0 Å². The number of carbonyl (C=O) groups excluding carboxylic acids is 1. The van der Waals surface area contributed by atoms with Crippen LogP contribution in [0.2, 0.25) is 0 Å². The zero-order chi connectivity index (χ0) is 9.68. The molecular weight excluding hydrogens is 170 g/mol. The number of nitrogens with zero attached hydrogens (tertiary/aromatic N) is 2. The van der Waals surface area contributed by atoms with E-state index in [0.717, 1.165) is 26.2 Å². The van der Waals surface area contributed by atoms with Crippen molar-refractivity contribution in [2.24, 2.45) is 5.84 Å². The maximum absolute atomic E-state index is 11.1. The Balaban J connectivity index is 2.18. The molecule has 1 saturated heterocycles. The van der Waals surface area contributed by atoms with Crippen molar-refractivity contribution in [3.8, 4) is 0 Å². The van der Waals surface area contributed by atoms with Crippen LogP contribution in [0.3, 0.4) is 0 Å². The van der Waals surface area contributed by atoms with Gasteiger partial charge in [-0.1, -0.05) is 0 Å². The number of esters is 1. The molecule has 5 nitrogen and oxygen atoms in total. The molecule has 0 aromatic heterocycles. The van der Waals surface area contributed by atoms with Crippen LogP contribution in [0.15, 0.2) is 0 Å². The summed E-state index contributed by atoms with van der Waals surface area (Å²) in [5.74, 6) is 5.43. The van der Waals surface area contributed by atoms with Crippen molar-refractivity contribution in [2.75, 3.05) is 39.3 Å². The Hall–Kier alpha value is -0.650. The number of ether oxygens (including phenoxy) is 1. The number of hydrazine groups is 1. The molecule has 0 bridgehead atoms. The van der Waals surface area contributed by atoms with Gasteiger partial charge in [-0.2, -0.15) is 0 Å². The second-order valence-corrected chi connectivity index (χ2v) is 3.12. The van der Waals surface area contributed by atoms with E-state index in [0.29, 0.717) is 13.2 Å². The molecule has 0 saturated carbocycles. The molecule has 13 heavy (non-hydrogen) atoms. The first-order valence-corrected chi connectivity index (χ1v) is 4.60. The minimum absolute atomic E-state index is 0.145. The molecular formula is C8H17N3O2. The molecule has 0 spiro atoms. The number of nitrogens with two attached hydrogens (primary N) is 1. The van der Waals surface area contributed by atoms with E-state index in [1.54, 1.807) is 5.01 Å². The molecule has 0 aromatic carbocycles. The summed E-state index contributed by atoms with van der Waals surface area (Å²) in [4.78, 5) is 13.1. The number of hydrogen-bond acceptors (Lipinski definition) is 5. The van der Waals surface area contributed by atoms with Crippen LogP contribution in [-0.4, -0.2) is 55.2 Å². The summed E-state index contributed by atoms with van der Waals surface area (Å²) in [7, 11) is 0. The predicted octanol–water partition coefficient (Wildman–Crippen LogP) is -0.959. The molecule has 0 radical (unpaired) electrons. The first kappa shape index (κ1) is 10.4. The van der Waals surface area contributed by atoms with Crippen LogP contribution in [0.1, 0.15) is 6.92 Å². The van der Waals surface area contributed by atoms with Gasteiger partial charge in [0.1, 0.15) is 0 Å². The SMILES string of the molecule is CCOC(=O)CN1CCN(N)CC1. The Morgan fingerprint density at radius 3 is 2.54 bits per heavy atom. The number of carbonyl (C=O) groups is 1. The fourth-order valence-electron chi connectivity index (χ4n) is 1.31. The van der Waals surface area contributed by atoms with Gasteiger partial charge < -0.3 is 4.74 Å². The Bertz CT molecular complexity index is 167. The summed E-state index contributed by atoms with van der Waals surface area (Å²) in [5, 5.41) is 1.77. The van der Waals surface area contributed by atoms with Crippen LogP contribution >= 0.6 is 0 Å². The highest BCUT2D eigenvalue weighted by atomic mass is 16.5. The lowest BCUT2D eigenvalue weighted by molar-refractivity contribution is -0.144. The highest BCUT2D eigenvalue weighted by Crippen LogP contribution is 1.97. The van der Waals surface area contributed by atoms with Crippen LogP contribution in [0.5, 0.6) is 0 Å². The van der Waals surface area contributed by atoms with Gasteiger partial charge in [0, 0.05) is 26.2 Å². The monoisotopic (exact) mass is 187 g/mol. The summed E-state index contributed by atoms with van der Waals surface area (Å²) in [5.41, 5.74) is 0. The van der Waals surface area contributed by atoms with Gasteiger partial charge in [-0.3, -0.25) is 15.5 Å². The van der Waals surface area contributed by atoms with Crippen molar-refractivity contribution in [1.82, 2.24) is 9.91 Å². The van der Waals surface area contributed by atoms with E-state index in [1.165, 1.54) is 0 Å². The second kappa shape index (κ2) is 5.16. The van der Waals surface area contributed by atoms with Crippen molar-refractivity contribution < 1.29 is 9.53 Å². The van der Waals surface area contributed by atoms with Crippen LogP contribution in [0.4, 0.5) is 0 Å². The van der Waals surface area contributed by atoms with Gasteiger partial charge in [0.25, 0.3) is 0 Å².